The number of ketones is 1. The zero-order valence-corrected chi connectivity index (χ0v) is 11.0. The summed E-state index contributed by atoms with van der Waals surface area (Å²) < 4.78 is 4.63. The number of aromatic nitrogens is 1. The molecule has 2 aromatic rings. The van der Waals surface area contributed by atoms with Crippen LogP contribution in [-0.4, -0.2) is 23.8 Å². The first-order chi connectivity index (χ1) is 8.65. The average molecular weight is 247 g/mol. The molecule has 1 aromatic heterocycles. The zero-order chi connectivity index (χ0) is 13.7. The van der Waals surface area contributed by atoms with Crippen LogP contribution in [0.5, 0.6) is 0 Å². The Morgan fingerprint density at radius 1 is 1.17 bits per heavy atom. The van der Waals surface area contributed by atoms with Crippen molar-refractivity contribution in [1.82, 2.24) is 4.98 Å². The quantitative estimate of drug-likeness (QED) is 0.655. The summed E-state index contributed by atoms with van der Waals surface area (Å²) in [5, 5.41) is 0.746. The van der Waals surface area contributed by atoms with Gasteiger partial charge in [-0.25, -0.2) is 4.79 Å². The molecule has 4 heteroatoms. The van der Waals surface area contributed by atoms with E-state index in [0.717, 1.165) is 10.9 Å². The lowest BCUT2D eigenvalue weighted by atomic mass is 10.1. The maximum absolute atomic E-state index is 11.5. The van der Waals surface area contributed by atoms with Crippen molar-refractivity contribution in [1.29, 1.82) is 0 Å². The van der Waals surface area contributed by atoms with Crippen LogP contribution >= 0.6 is 0 Å². The fraction of sp³-hybridized carbons (Fsp3) is 0.286. The van der Waals surface area contributed by atoms with Crippen LogP contribution in [0.1, 0.15) is 41.6 Å². The number of H-pyrrole nitrogens is 1. The Hall–Kier alpha value is -2.10. The molecule has 0 aliphatic heterocycles. The molecule has 0 saturated carbocycles. The van der Waals surface area contributed by atoms with E-state index in [-0.39, 0.29) is 11.5 Å². The van der Waals surface area contributed by atoms with E-state index in [0.29, 0.717) is 5.56 Å². The van der Waals surface area contributed by atoms with Crippen molar-refractivity contribution in [2.75, 3.05) is 7.11 Å². The summed E-state index contributed by atoms with van der Waals surface area (Å²) >= 11 is 0. The van der Waals surface area contributed by atoms with Crippen molar-refractivity contribution in [3.05, 3.63) is 35.5 Å². The Bertz CT molecular complexity index is 569. The van der Waals surface area contributed by atoms with E-state index < -0.39 is 5.97 Å². The predicted octanol–water partition coefficient (Wildman–Crippen LogP) is 3.18. The number of carbonyl (C=O) groups is 2. The summed E-state index contributed by atoms with van der Waals surface area (Å²) in [4.78, 5) is 25.9. The summed E-state index contributed by atoms with van der Waals surface area (Å²) in [6, 6.07) is 7.27. The zero-order valence-electron chi connectivity index (χ0n) is 11.0. The van der Waals surface area contributed by atoms with Gasteiger partial charge >= 0.3 is 5.97 Å². The number of rotatable bonds is 2. The summed E-state index contributed by atoms with van der Waals surface area (Å²) in [7, 11) is 1.29. The molecule has 0 bridgehead atoms. The van der Waals surface area contributed by atoms with Gasteiger partial charge in [-0.15, -0.1) is 0 Å². The first-order valence-electron chi connectivity index (χ1n) is 5.85. The second kappa shape index (κ2) is 6.00. The van der Waals surface area contributed by atoms with Crippen molar-refractivity contribution in [2.45, 2.75) is 20.8 Å². The van der Waals surface area contributed by atoms with Crippen molar-refractivity contribution < 1.29 is 14.3 Å². The van der Waals surface area contributed by atoms with Crippen LogP contribution in [0, 0.1) is 0 Å². The van der Waals surface area contributed by atoms with Crippen LogP contribution in [0.2, 0.25) is 0 Å². The Labute approximate surface area is 106 Å². The fourth-order valence-corrected chi connectivity index (χ4v) is 1.76. The molecule has 4 nitrogen and oxygen atoms in total. The highest BCUT2D eigenvalue weighted by Gasteiger charge is 2.20. The number of carbonyl (C=O) groups excluding carboxylic acids is 2. The lowest BCUT2D eigenvalue weighted by Crippen LogP contribution is -2.07. The van der Waals surface area contributed by atoms with E-state index in [9.17, 15) is 9.59 Å². The number of esters is 1. The van der Waals surface area contributed by atoms with Gasteiger partial charge in [-0.3, -0.25) is 4.79 Å². The number of para-hydroxylation sites is 1. The number of ether oxygens (including phenoxy) is 1. The van der Waals surface area contributed by atoms with Gasteiger partial charge in [-0.2, -0.15) is 0 Å². The molecule has 2 rings (SSSR count). The number of aromatic amines is 1. The minimum atomic E-state index is -0.526. The lowest BCUT2D eigenvalue weighted by Gasteiger charge is -1.98. The van der Waals surface area contributed by atoms with Crippen LogP contribution in [-0.2, 0) is 4.74 Å². The fourth-order valence-electron chi connectivity index (χ4n) is 1.76. The predicted molar refractivity (Wildman–Crippen MR) is 71.0 cm³/mol. The molecule has 0 aliphatic carbocycles. The first kappa shape index (κ1) is 14.0. The molecule has 1 aromatic carbocycles. The lowest BCUT2D eigenvalue weighted by molar-refractivity contribution is 0.0591. The van der Waals surface area contributed by atoms with Crippen LogP contribution in [0.4, 0.5) is 0 Å². The normalized spacial score (nSPS) is 9.56. The molecular formula is C14H17NO3. The molecule has 0 atom stereocenters. The number of nitrogens with one attached hydrogen (secondary N) is 1. The largest absolute Gasteiger partial charge is 0.464 e. The van der Waals surface area contributed by atoms with Gasteiger partial charge in [0.25, 0.3) is 0 Å². The van der Waals surface area contributed by atoms with E-state index >= 15 is 0 Å². The average Bonchev–Trinajstić information content (AvgIpc) is 2.79. The highest BCUT2D eigenvalue weighted by Crippen LogP contribution is 2.23. The van der Waals surface area contributed by atoms with Gasteiger partial charge in [-0.1, -0.05) is 32.0 Å². The maximum Gasteiger partial charge on any atom is 0.355 e. The second-order valence-electron chi connectivity index (χ2n) is 3.47. The molecule has 1 heterocycles. The molecule has 0 radical (unpaired) electrons. The maximum atomic E-state index is 11.5. The van der Waals surface area contributed by atoms with Gasteiger partial charge in [0.2, 0.25) is 0 Å². The van der Waals surface area contributed by atoms with Crippen molar-refractivity contribution in [3.8, 4) is 0 Å². The van der Waals surface area contributed by atoms with Gasteiger partial charge in [0, 0.05) is 10.9 Å². The second-order valence-corrected chi connectivity index (χ2v) is 3.47. The van der Waals surface area contributed by atoms with Crippen LogP contribution < -0.4 is 0 Å². The highest BCUT2D eigenvalue weighted by molar-refractivity contribution is 6.14. The third-order valence-corrected chi connectivity index (χ3v) is 2.45. The Kier molecular flexibility index (Phi) is 4.66. The van der Waals surface area contributed by atoms with Crippen LogP contribution in [0.25, 0.3) is 10.9 Å². The van der Waals surface area contributed by atoms with E-state index in [4.69, 9.17) is 0 Å². The summed E-state index contributed by atoms with van der Waals surface area (Å²) in [6.07, 6.45) is 0. The van der Waals surface area contributed by atoms with Gasteiger partial charge in [0.05, 0.1) is 12.7 Å². The first-order valence-corrected chi connectivity index (χ1v) is 5.85. The Balaban J connectivity index is 0.000000771. The smallest absolute Gasteiger partial charge is 0.355 e. The highest BCUT2D eigenvalue weighted by atomic mass is 16.5. The number of hydrogen-bond donors (Lipinski definition) is 1. The van der Waals surface area contributed by atoms with Crippen LogP contribution in [0.3, 0.4) is 0 Å². The van der Waals surface area contributed by atoms with Crippen molar-refractivity contribution >= 4 is 22.7 Å². The molecule has 18 heavy (non-hydrogen) atoms. The summed E-state index contributed by atoms with van der Waals surface area (Å²) in [5.74, 6) is -0.681. The van der Waals surface area contributed by atoms with Gasteiger partial charge in [0.1, 0.15) is 5.69 Å². The topological polar surface area (TPSA) is 59.2 Å². The SMILES string of the molecule is CC.COC(=O)c1[nH]c2ccccc2c1C(C)=O. The van der Waals surface area contributed by atoms with Crippen molar-refractivity contribution in [2.24, 2.45) is 0 Å². The molecule has 0 amide bonds. The standard InChI is InChI=1S/C12H11NO3.C2H6/c1-7(14)10-8-5-3-4-6-9(8)13-11(10)12(15)16-2;1-2/h3-6,13H,1-2H3;1-2H3. The van der Waals surface area contributed by atoms with E-state index in [1.165, 1.54) is 14.0 Å². The molecular weight excluding hydrogens is 230 g/mol. The molecule has 0 unspecified atom stereocenters. The summed E-state index contributed by atoms with van der Waals surface area (Å²) in [6.45, 7) is 5.43. The third-order valence-electron chi connectivity index (χ3n) is 2.45. The van der Waals surface area contributed by atoms with Gasteiger partial charge < -0.3 is 9.72 Å². The van der Waals surface area contributed by atoms with Crippen LogP contribution in [0.15, 0.2) is 24.3 Å². The molecule has 0 fully saturated rings. The molecule has 0 aliphatic rings. The minimum absolute atomic E-state index is 0.155. The number of hydrogen-bond acceptors (Lipinski definition) is 3. The third kappa shape index (κ3) is 2.42. The van der Waals surface area contributed by atoms with E-state index in [1.54, 1.807) is 6.07 Å². The van der Waals surface area contributed by atoms with E-state index in [1.807, 2.05) is 32.0 Å². The monoisotopic (exact) mass is 247 g/mol. The Morgan fingerprint density at radius 3 is 2.33 bits per heavy atom. The number of Topliss-reactive ketones (excluding diaryl/α,β-unsaturated/α-hetero) is 1. The Morgan fingerprint density at radius 2 is 1.78 bits per heavy atom. The summed E-state index contributed by atoms with van der Waals surface area (Å²) in [5.41, 5.74) is 1.37. The number of methoxy groups -OCH3 is 1. The molecule has 96 valence electrons. The van der Waals surface area contributed by atoms with Crippen molar-refractivity contribution in [3.63, 3.8) is 0 Å². The van der Waals surface area contributed by atoms with Gasteiger partial charge in [-0.05, 0) is 13.0 Å². The number of benzene rings is 1. The van der Waals surface area contributed by atoms with Gasteiger partial charge in [0.15, 0.2) is 5.78 Å². The minimum Gasteiger partial charge on any atom is -0.464 e. The van der Waals surface area contributed by atoms with E-state index in [2.05, 4.69) is 9.72 Å². The molecule has 1 N–H and O–H groups in total. The number of fused-ring (bicyclic) bond motifs is 1. The molecule has 0 spiro atoms. The molecule has 0 saturated heterocycles.